The average molecular weight is 316 g/mol. The Kier molecular flexibility index (Phi) is 6.06. The highest BCUT2D eigenvalue weighted by atomic mass is 16.5. The van der Waals surface area contributed by atoms with Gasteiger partial charge in [-0.25, -0.2) is 0 Å². The van der Waals surface area contributed by atoms with Crippen LogP contribution in [-0.4, -0.2) is 37.1 Å². The van der Waals surface area contributed by atoms with E-state index in [1.165, 1.54) is 36.8 Å². The number of hydrogen-bond acceptors (Lipinski definition) is 3. The third-order valence-electron chi connectivity index (χ3n) is 5.04. The summed E-state index contributed by atoms with van der Waals surface area (Å²) in [6.07, 6.45) is 5.73. The van der Waals surface area contributed by atoms with Crippen molar-refractivity contribution >= 4 is 5.91 Å². The molecule has 0 unspecified atom stereocenters. The summed E-state index contributed by atoms with van der Waals surface area (Å²) in [6, 6.07) is 8.44. The van der Waals surface area contributed by atoms with Crippen LogP contribution >= 0.6 is 0 Å². The van der Waals surface area contributed by atoms with E-state index >= 15 is 0 Å². The number of benzene rings is 1. The highest BCUT2D eigenvalue weighted by molar-refractivity contribution is 5.76. The zero-order chi connectivity index (χ0) is 15.9. The van der Waals surface area contributed by atoms with E-state index in [1.54, 1.807) is 0 Å². The van der Waals surface area contributed by atoms with Crippen LogP contribution in [0, 0.1) is 5.92 Å². The Morgan fingerprint density at radius 3 is 2.57 bits per heavy atom. The van der Waals surface area contributed by atoms with Gasteiger partial charge in [0.05, 0.1) is 13.2 Å². The molecule has 1 heterocycles. The molecule has 1 aromatic rings. The Balaban J connectivity index is 1.51. The van der Waals surface area contributed by atoms with Crippen LogP contribution in [0.5, 0.6) is 0 Å². The molecule has 1 aliphatic carbocycles. The first-order chi connectivity index (χ1) is 11.3. The molecule has 1 saturated heterocycles. The van der Waals surface area contributed by atoms with Crippen LogP contribution in [0.25, 0.3) is 0 Å². The lowest BCUT2D eigenvalue weighted by Gasteiger charge is -2.27. The predicted octanol–water partition coefficient (Wildman–Crippen LogP) is 2.72. The lowest BCUT2D eigenvalue weighted by atomic mass is 10.0. The largest absolute Gasteiger partial charge is 0.379 e. The van der Waals surface area contributed by atoms with Crippen LogP contribution in [0.4, 0.5) is 0 Å². The summed E-state index contributed by atoms with van der Waals surface area (Å²) in [6.45, 7) is 5.20. The second-order valence-corrected chi connectivity index (χ2v) is 6.79. The van der Waals surface area contributed by atoms with Gasteiger partial charge in [0.25, 0.3) is 0 Å². The quantitative estimate of drug-likeness (QED) is 0.877. The van der Waals surface area contributed by atoms with Gasteiger partial charge in [0.2, 0.25) is 5.91 Å². The first kappa shape index (κ1) is 16.5. The van der Waals surface area contributed by atoms with E-state index in [-0.39, 0.29) is 5.91 Å². The molecule has 4 heteroatoms. The Hall–Kier alpha value is -1.39. The Morgan fingerprint density at radius 1 is 1.13 bits per heavy atom. The molecule has 4 nitrogen and oxygen atoms in total. The van der Waals surface area contributed by atoms with Crippen molar-refractivity contribution in [2.45, 2.75) is 45.2 Å². The topological polar surface area (TPSA) is 41.6 Å². The van der Waals surface area contributed by atoms with Crippen molar-refractivity contribution in [3.05, 3.63) is 35.4 Å². The van der Waals surface area contributed by atoms with Gasteiger partial charge >= 0.3 is 0 Å². The van der Waals surface area contributed by atoms with Gasteiger partial charge < -0.3 is 10.1 Å². The molecule has 1 aliphatic heterocycles. The lowest BCUT2D eigenvalue weighted by molar-refractivity contribution is -0.122. The van der Waals surface area contributed by atoms with Gasteiger partial charge in [-0.2, -0.15) is 0 Å². The minimum Gasteiger partial charge on any atom is -0.379 e. The molecular weight excluding hydrogens is 288 g/mol. The van der Waals surface area contributed by atoms with Crippen molar-refractivity contribution in [1.29, 1.82) is 0 Å². The van der Waals surface area contributed by atoms with Crippen LogP contribution in [0.2, 0.25) is 0 Å². The van der Waals surface area contributed by atoms with E-state index in [1.807, 2.05) is 0 Å². The van der Waals surface area contributed by atoms with Crippen molar-refractivity contribution in [1.82, 2.24) is 10.2 Å². The van der Waals surface area contributed by atoms with E-state index < -0.39 is 0 Å². The van der Waals surface area contributed by atoms with Gasteiger partial charge in [-0.15, -0.1) is 0 Å². The molecule has 126 valence electrons. The Labute approximate surface area is 139 Å². The van der Waals surface area contributed by atoms with Crippen LogP contribution in [-0.2, 0) is 22.6 Å². The number of morpholine rings is 1. The molecule has 0 bridgehead atoms. The van der Waals surface area contributed by atoms with Gasteiger partial charge in [0.1, 0.15) is 0 Å². The predicted molar refractivity (Wildman–Crippen MR) is 91.0 cm³/mol. The summed E-state index contributed by atoms with van der Waals surface area (Å²) >= 11 is 0. The molecule has 1 saturated carbocycles. The first-order valence-electron chi connectivity index (χ1n) is 8.95. The number of rotatable bonds is 6. The first-order valence-corrected chi connectivity index (χ1v) is 8.95. The van der Waals surface area contributed by atoms with Crippen LogP contribution < -0.4 is 5.32 Å². The molecule has 1 N–H and O–H groups in total. The molecule has 3 rings (SSSR count). The molecule has 23 heavy (non-hydrogen) atoms. The molecule has 0 atom stereocenters. The summed E-state index contributed by atoms with van der Waals surface area (Å²) in [5, 5.41) is 3.12. The molecule has 2 fully saturated rings. The summed E-state index contributed by atoms with van der Waals surface area (Å²) in [7, 11) is 0. The van der Waals surface area contributed by atoms with Crippen LogP contribution in [0.3, 0.4) is 0 Å². The highest BCUT2D eigenvalue weighted by Crippen LogP contribution is 2.27. The number of nitrogens with one attached hydrogen (secondary N) is 1. The second-order valence-electron chi connectivity index (χ2n) is 6.79. The average Bonchev–Trinajstić information content (AvgIpc) is 3.08. The monoisotopic (exact) mass is 316 g/mol. The van der Waals surface area contributed by atoms with Crippen molar-refractivity contribution < 1.29 is 9.53 Å². The smallest absolute Gasteiger partial charge is 0.220 e. The fraction of sp³-hybridized carbons (Fsp3) is 0.632. The lowest BCUT2D eigenvalue weighted by Crippen LogP contribution is -2.36. The molecule has 1 amide bonds. The Morgan fingerprint density at radius 2 is 1.83 bits per heavy atom. The Bertz CT molecular complexity index is 506. The van der Waals surface area contributed by atoms with Crippen molar-refractivity contribution in [3.63, 3.8) is 0 Å². The van der Waals surface area contributed by atoms with E-state index in [0.29, 0.717) is 18.9 Å². The minimum atomic E-state index is 0.207. The number of carbonyl (C=O) groups is 1. The summed E-state index contributed by atoms with van der Waals surface area (Å²) in [4.78, 5) is 14.6. The highest BCUT2D eigenvalue weighted by Gasteiger charge is 2.18. The van der Waals surface area contributed by atoms with Crippen LogP contribution in [0.15, 0.2) is 24.3 Å². The van der Waals surface area contributed by atoms with Gasteiger partial charge in [-0.1, -0.05) is 37.1 Å². The molecule has 0 aromatic heterocycles. The van der Waals surface area contributed by atoms with Gasteiger partial charge in [0, 0.05) is 32.6 Å². The summed E-state index contributed by atoms with van der Waals surface area (Å²) in [5.74, 6) is 0.816. The van der Waals surface area contributed by atoms with E-state index in [0.717, 1.165) is 32.8 Å². The normalized spacial score (nSPS) is 19.8. The maximum absolute atomic E-state index is 12.1. The fourth-order valence-electron chi connectivity index (χ4n) is 3.63. The van der Waals surface area contributed by atoms with Crippen molar-refractivity contribution in [2.24, 2.45) is 5.92 Å². The number of hydrogen-bond donors (Lipinski definition) is 1. The molecule has 0 spiro atoms. The minimum absolute atomic E-state index is 0.207. The number of ether oxygens (including phenoxy) is 1. The molecule has 0 radical (unpaired) electrons. The molecule has 2 aliphatic rings. The fourth-order valence-corrected chi connectivity index (χ4v) is 3.63. The third kappa shape index (κ3) is 5.05. The molecule has 1 aromatic carbocycles. The number of carbonyl (C=O) groups excluding carboxylic acids is 1. The van der Waals surface area contributed by atoms with E-state index in [4.69, 9.17) is 4.74 Å². The van der Waals surface area contributed by atoms with Crippen molar-refractivity contribution in [3.8, 4) is 0 Å². The maximum atomic E-state index is 12.1. The number of nitrogens with zero attached hydrogens (tertiary/aromatic N) is 1. The van der Waals surface area contributed by atoms with Crippen LogP contribution in [0.1, 0.15) is 43.2 Å². The second kappa shape index (κ2) is 8.46. The number of amides is 1. The third-order valence-corrected chi connectivity index (χ3v) is 5.04. The van der Waals surface area contributed by atoms with E-state index in [9.17, 15) is 4.79 Å². The zero-order valence-electron chi connectivity index (χ0n) is 13.9. The summed E-state index contributed by atoms with van der Waals surface area (Å²) < 4.78 is 5.41. The van der Waals surface area contributed by atoms with E-state index in [2.05, 4.69) is 34.5 Å². The SMILES string of the molecule is O=C(CC1CCCC1)NCc1ccccc1CN1CCOCC1. The maximum Gasteiger partial charge on any atom is 0.220 e. The van der Waals surface area contributed by atoms with Crippen molar-refractivity contribution in [2.75, 3.05) is 26.3 Å². The van der Waals surface area contributed by atoms with Gasteiger partial charge in [-0.3, -0.25) is 9.69 Å². The van der Waals surface area contributed by atoms with Gasteiger partial charge in [-0.05, 0) is 29.9 Å². The molecular formula is C19H28N2O2. The zero-order valence-corrected chi connectivity index (χ0v) is 13.9. The standard InChI is InChI=1S/C19H28N2O2/c22-19(13-16-5-1-2-6-16)20-14-17-7-3-4-8-18(17)15-21-9-11-23-12-10-21/h3-4,7-8,16H,1-2,5-6,9-15H2,(H,20,22). The summed E-state index contributed by atoms with van der Waals surface area (Å²) in [5.41, 5.74) is 2.55. The van der Waals surface area contributed by atoms with Gasteiger partial charge in [0.15, 0.2) is 0 Å².